The van der Waals surface area contributed by atoms with Crippen molar-refractivity contribution in [2.45, 2.75) is 25.1 Å². The summed E-state index contributed by atoms with van der Waals surface area (Å²) in [4.78, 5) is 13.4. The van der Waals surface area contributed by atoms with Crippen molar-refractivity contribution in [3.05, 3.63) is 0 Å². The predicted octanol–water partition coefficient (Wildman–Crippen LogP) is 1.90. The van der Waals surface area contributed by atoms with Gasteiger partial charge in [0.2, 0.25) is 5.91 Å². The molecule has 1 amide bonds. The molecule has 1 unspecified atom stereocenters. The fraction of sp³-hybridized carbons (Fsp3) is 0.900. The third-order valence-corrected chi connectivity index (χ3v) is 3.49. The van der Waals surface area contributed by atoms with Crippen molar-refractivity contribution in [1.82, 2.24) is 4.90 Å². The van der Waals surface area contributed by atoms with Gasteiger partial charge in [-0.05, 0) is 12.3 Å². The highest BCUT2D eigenvalue weighted by molar-refractivity contribution is 9.10. The number of amides is 1. The Bertz CT molecular complexity index is 174. The maximum atomic E-state index is 11.7. The van der Waals surface area contributed by atoms with Crippen molar-refractivity contribution >= 4 is 21.8 Å². The molecule has 4 heteroatoms. The van der Waals surface area contributed by atoms with Crippen LogP contribution in [0.1, 0.15) is 20.3 Å². The first kappa shape index (κ1) is 13.9. The molecule has 0 aromatic carbocycles. The van der Waals surface area contributed by atoms with E-state index in [1.165, 1.54) is 0 Å². The summed E-state index contributed by atoms with van der Waals surface area (Å²) in [6.07, 6.45) is 0.885. The van der Waals surface area contributed by atoms with Crippen LogP contribution < -0.4 is 0 Å². The van der Waals surface area contributed by atoms with Gasteiger partial charge in [-0.15, -0.1) is 0 Å². The minimum Gasteiger partial charge on any atom is -0.385 e. The number of ether oxygens (including phenoxy) is 1. The van der Waals surface area contributed by atoms with Gasteiger partial charge in [0.05, 0.1) is 4.83 Å². The van der Waals surface area contributed by atoms with Crippen LogP contribution in [0.4, 0.5) is 0 Å². The summed E-state index contributed by atoms with van der Waals surface area (Å²) in [6.45, 7) is 5.51. The second kappa shape index (κ2) is 7.23. The number of nitrogens with zero attached hydrogens (tertiary/aromatic N) is 1. The average molecular weight is 266 g/mol. The largest absolute Gasteiger partial charge is 0.385 e. The van der Waals surface area contributed by atoms with E-state index >= 15 is 0 Å². The van der Waals surface area contributed by atoms with Gasteiger partial charge in [0, 0.05) is 27.3 Å². The molecule has 0 bridgehead atoms. The van der Waals surface area contributed by atoms with Crippen molar-refractivity contribution in [1.29, 1.82) is 0 Å². The van der Waals surface area contributed by atoms with E-state index in [4.69, 9.17) is 4.74 Å². The first-order valence-electron chi connectivity index (χ1n) is 4.88. The van der Waals surface area contributed by atoms with E-state index in [9.17, 15) is 4.79 Å². The molecule has 0 heterocycles. The second-order valence-corrected chi connectivity index (χ2v) is 4.74. The Balaban J connectivity index is 3.86. The van der Waals surface area contributed by atoms with Crippen molar-refractivity contribution < 1.29 is 9.53 Å². The lowest BCUT2D eigenvalue weighted by atomic mass is 10.1. The molecule has 84 valence electrons. The van der Waals surface area contributed by atoms with E-state index in [0.717, 1.165) is 13.0 Å². The molecule has 0 aliphatic rings. The van der Waals surface area contributed by atoms with Crippen molar-refractivity contribution in [3.8, 4) is 0 Å². The highest BCUT2D eigenvalue weighted by Crippen LogP contribution is 2.14. The van der Waals surface area contributed by atoms with Gasteiger partial charge in [0.1, 0.15) is 0 Å². The van der Waals surface area contributed by atoms with Gasteiger partial charge in [0.15, 0.2) is 0 Å². The molecule has 0 radical (unpaired) electrons. The molecular weight excluding hydrogens is 246 g/mol. The zero-order valence-corrected chi connectivity index (χ0v) is 11.0. The van der Waals surface area contributed by atoms with E-state index in [1.54, 1.807) is 12.0 Å². The molecule has 1 atom stereocenters. The molecule has 0 saturated heterocycles. The van der Waals surface area contributed by atoms with Crippen LogP contribution in [0.2, 0.25) is 0 Å². The fourth-order valence-corrected chi connectivity index (χ4v) is 1.40. The molecule has 0 aromatic heterocycles. The summed E-state index contributed by atoms with van der Waals surface area (Å²) in [5.41, 5.74) is 0. The minimum absolute atomic E-state index is 0.0740. The standard InChI is InChI=1S/C10H20BrNO2/c1-8(2)9(11)10(13)12(3)6-5-7-14-4/h8-9H,5-7H2,1-4H3. The Morgan fingerprint density at radius 3 is 2.50 bits per heavy atom. The van der Waals surface area contributed by atoms with Crippen LogP contribution in [0.15, 0.2) is 0 Å². The monoisotopic (exact) mass is 265 g/mol. The van der Waals surface area contributed by atoms with Gasteiger partial charge in [-0.3, -0.25) is 4.79 Å². The molecule has 3 nitrogen and oxygen atoms in total. The van der Waals surface area contributed by atoms with Gasteiger partial charge >= 0.3 is 0 Å². The van der Waals surface area contributed by atoms with Crippen LogP contribution in [0.25, 0.3) is 0 Å². The number of carbonyl (C=O) groups excluding carboxylic acids is 1. The first-order valence-corrected chi connectivity index (χ1v) is 5.80. The molecule has 0 aromatic rings. The van der Waals surface area contributed by atoms with E-state index in [2.05, 4.69) is 15.9 Å². The Hall–Kier alpha value is -0.0900. The number of alkyl halides is 1. The Kier molecular flexibility index (Phi) is 7.19. The van der Waals surface area contributed by atoms with Crippen LogP contribution in [0.3, 0.4) is 0 Å². The molecule has 0 saturated carbocycles. The maximum absolute atomic E-state index is 11.7. The van der Waals surface area contributed by atoms with Gasteiger partial charge < -0.3 is 9.64 Å². The topological polar surface area (TPSA) is 29.5 Å². The third kappa shape index (κ3) is 4.96. The lowest BCUT2D eigenvalue weighted by Gasteiger charge is -2.22. The predicted molar refractivity (Wildman–Crippen MR) is 61.7 cm³/mol. The van der Waals surface area contributed by atoms with Crippen LogP contribution in [0.5, 0.6) is 0 Å². The van der Waals surface area contributed by atoms with Crippen molar-refractivity contribution in [2.75, 3.05) is 27.3 Å². The lowest BCUT2D eigenvalue weighted by Crippen LogP contribution is -2.36. The summed E-state index contributed by atoms with van der Waals surface area (Å²) in [7, 11) is 3.50. The molecular formula is C10H20BrNO2. The van der Waals surface area contributed by atoms with Gasteiger partial charge in [-0.1, -0.05) is 29.8 Å². The number of halogens is 1. The molecule has 0 rings (SSSR count). The molecule has 0 aliphatic carbocycles. The van der Waals surface area contributed by atoms with Crippen LogP contribution >= 0.6 is 15.9 Å². The highest BCUT2D eigenvalue weighted by atomic mass is 79.9. The first-order chi connectivity index (χ1) is 6.50. The highest BCUT2D eigenvalue weighted by Gasteiger charge is 2.21. The minimum atomic E-state index is -0.0740. The van der Waals surface area contributed by atoms with Crippen molar-refractivity contribution in [3.63, 3.8) is 0 Å². The smallest absolute Gasteiger partial charge is 0.236 e. The Labute approximate surface area is 94.9 Å². The SMILES string of the molecule is COCCCN(C)C(=O)C(Br)C(C)C. The third-order valence-electron chi connectivity index (χ3n) is 2.04. The lowest BCUT2D eigenvalue weighted by molar-refractivity contribution is -0.130. The van der Waals surface area contributed by atoms with Crippen LogP contribution in [-0.4, -0.2) is 42.9 Å². The normalized spacial score (nSPS) is 13.0. The van der Waals surface area contributed by atoms with E-state index in [-0.39, 0.29) is 10.7 Å². The summed E-state index contributed by atoms with van der Waals surface area (Å²) in [5, 5.41) is 0. The van der Waals surface area contributed by atoms with Gasteiger partial charge in [0.25, 0.3) is 0 Å². The van der Waals surface area contributed by atoms with Gasteiger partial charge in [-0.2, -0.15) is 0 Å². The number of methoxy groups -OCH3 is 1. The number of carbonyl (C=O) groups is 1. The summed E-state index contributed by atoms with van der Waals surface area (Å²) in [6, 6.07) is 0. The molecule has 0 N–H and O–H groups in total. The number of hydrogen-bond acceptors (Lipinski definition) is 2. The zero-order chi connectivity index (χ0) is 11.1. The molecule has 14 heavy (non-hydrogen) atoms. The maximum Gasteiger partial charge on any atom is 0.236 e. The fourth-order valence-electron chi connectivity index (χ4n) is 1.05. The quantitative estimate of drug-likeness (QED) is 0.543. The molecule has 0 fully saturated rings. The van der Waals surface area contributed by atoms with E-state index in [0.29, 0.717) is 12.5 Å². The van der Waals surface area contributed by atoms with E-state index in [1.807, 2.05) is 20.9 Å². The summed E-state index contributed by atoms with van der Waals surface area (Å²) >= 11 is 3.39. The number of rotatable bonds is 6. The average Bonchev–Trinajstić information content (AvgIpc) is 2.15. The van der Waals surface area contributed by atoms with Gasteiger partial charge in [-0.25, -0.2) is 0 Å². The zero-order valence-electron chi connectivity index (χ0n) is 9.42. The van der Waals surface area contributed by atoms with Crippen LogP contribution in [0, 0.1) is 5.92 Å². The number of hydrogen-bond donors (Lipinski definition) is 0. The van der Waals surface area contributed by atoms with E-state index < -0.39 is 0 Å². The summed E-state index contributed by atoms with van der Waals surface area (Å²) in [5.74, 6) is 0.475. The second-order valence-electron chi connectivity index (χ2n) is 3.75. The van der Waals surface area contributed by atoms with Crippen LogP contribution in [-0.2, 0) is 9.53 Å². The Morgan fingerprint density at radius 2 is 2.07 bits per heavy atom. The Morgan fingerprint density at radius 1 is 1.50 bits per heavy atom. The summed E-state index contributed by atoms with van der Waals surface area (Å²) < 4.78 is 4.93. The molecule has 0 spiro atoms. The molecule has 0 aliphatic heterocycles. The van der Waals surface area contributed by atoms with Crippen molar-refractivity contribution in [2.24, 2.45) is 5.92 Å².